The number of allylic oxidation sites excluding steroid dienone is 6. The molecule has 0 radical (unpaired) electrons. The minimum absolute atomic E-state index is 0.0294. The minimum atomic E-state index is -5.05. The van der Waals surface area contributed by atoms with E-state index in [2.05, 4.69) is 0 Å². The van der Waals surface area contributed by atoms with Gasteiger partial charge < -0.3 is 14.6 Å². The van der Waals surface area contributed by atoms with Crippen molar-refractivity contribution in [2.45, 2.75) is 135 Å². The number of carbonyl (C=O) groups is 6. The number of fused-ring (bicyclic) bond motifs is 6. The zero-order valence-electron chi connectivity index (χ0n) is 44.1. The zero-order chi connectivity index (χ0) is 59.4. The Kier molecular flexibility index (Phi) is 16.6. The Bertz CT molecular complexity index is 3960. The highest BCUT2D eigenvalue weighted by molar-refractivity contribution is 7.87. The molecule has 0 spiro atoms. The van der Waals surface area contributed by atoms with Crippen LogP contribution >= 0.6 is 0 Å². The number of amides is 4. The fraction of sp³-hybridized carbons (Fsp3) is 0.377. The summed E-state index contributed by atoms with van der Waals surface area (Å²) in [5.74, 6) is -4.01. The number of rotatable bonds is 21. The molecule has 81 heavy (non-hydrogen) atoms. The van der Waals surface area contributed by atoms with Crippen LogP contribution in [0, 0.1) is 0 Å². The Labute approximate surface area is 466 Å². The maximum atomic E-state index is 12.7. The molecule has 4 amide bonds. The molecule has 4 aliphatic rings. The van der Waals surface area contributed by atoms with Gasteiger partial charge in [0.25, 0.3) is 64.1 Å². The van der Waals surface area contributed by atoms with E-state index in [9.17, 15) is 80.6 Å². The third-order valence-corrected chi connectivity index (χ3v) is 18.0. The molecule has 24 nitrogen and oxygen atoms in total. The summed E-state index contributed by atoms with van der Waals surface area (Å²) in [6.45, 7) is 7.79. The fourth-order valence-corrected chi connectivity index (χ4v) is 13.6. The highest BCUT2D eigenvalue weighted by Crippen LogP contribution is 2.52. The maximum Gasteiger partial charge on any atom is 0.333 e. The molecule has 2 fully saturated rings. The first kappa shape index (κ1) is 60.1. The molecule has 432 valence electrons. The van der Waals surface area contributed by atoms with Gasteiger partial charge in [0.15, 0.2) is 5.71 Å². The topological polar surface area (TPSA) is 351 Å². The average molecular weight is 1200 g/mol. The Hall–Kier alpha value is -7.05. The lowest BCUT2D eigenvalue weighted by Gasteiger charge is -2.27. The highest BCUT2D eigenvalue weighted by Gasteiger charge is 2.47. The van der Waals surface area contributed by atoms with E-state index >= 15 is 0 Å². The normalized spacial score (nSPS) is 18.0. The molecule has 8 rings (SSSR count). The van der Waals surface area contributed by atoms with Crippen molar-refractivity contribution < 1.29 is 94.9 Å². The van der Waals surface area contributed by atoms with Crippen LogP contribution in [0.15, 0.2) is 104 Å². The van der Waals surface area contributed by atoms with Crippen LogP contribution in [0.4, 0.5) is 11.4 Å². The van der Waals surface area contributed by atoms with E-state index in [4.69, 9.17) is 9.68 Å². The quantitative estimate of drug-likeness (QED) is 0.0228. The Balaban J connectivity index is 1.13. The number of anilines is 1. The fourth-order valence-electron chi connectivity index (χ4n) is 10.9. The molecule has 4 N–H and O–H groups in total. The Morgan fingerprint density at radius 2 is 1.02 bits per heavy atom. The monoisotopic (exact) mass is 1200 g/mol. The molecule has 0 bridgehead atoms. The highest BCUT2D eigenvalue weighted by atomic mass is 32.2. The third kappa shape index (κ3) is 12.3. The molecule has 0 atom stereocenters. The largest absolute Gasteiger partial charge is 0.344 e. The molecule has 4 aliphatic heterocycles. The standard InChI is InChI=1S/C53H56N4O20S4/c1-52(2)42(54(26-12-6-10-16-48(62)76-56-44(58)22-23-45(56)59)38-20-18-34-36(50(38)52)28-32(78(64,65)66)30-40(34)80(70,71)72)14-8-5-9-15-43-53(3,4)51-37-29-33(79(67,68)69)31-41(81(73,74)75)35(37)19-21-39(51)55(43)27-13-7-11-17-49(63)77-57-46(60)24-25-47(57)61/h5,8-9,14-15,18-21,28-31H,6-7,10-13,16-17,22-27H2,1-4H3,(H3-,64,65,66,67,68,69,70,71,72,73,74,75)/p+1. The number of hydroxylamine groups is 4. The summed E-state index contributed by atoms with van der Waals surface area (Å²) in [5, 5.41) is 1.07. The van der Waals surface area contributed by atoms with E-state index in [1.54, 1.807) is 70.2 Å². The Morgan fingerprint density at radius 3 is 1.51 bits per heavy atom. The molecule has 4 heterocycles. The number of benzene rings is 4. The van der Waals surface area contributed by atoms with Crippen molar-refractivity contribution in [1.29, 1.82) is 0 Å². The van der Waals surface area contributed by atoms with Crippen molar-refractivity contribution in [2.75, 3.05) is 18.0 Å². The van der Waals surface area contributed by atoms with Crippen LogP contribution in [-0.2, 0) is 89.7 Å². The van der Waals surface area contributed by atoms with Crippen LogP contribution in [0.1, 0.15) is 116 Å². The summed E-state index contributed by atoms with van der Waals surface area (Å²) in [7, 11) is -20.1. The Morgan fingerprint density at radius 1 is 0.556 bits per heavy atom. The van der Waals surface area contributed by atoms with Gasteiger partial charge in [0.2, 0.25) is 5.69 Å². The molecule has 0 saturated carbocycles. The van der Waals surface area contributed by atoms with Gasteiger partial charge in [0, 0.05) is 96.8 Å². The summed E-state index contributed by atoms with van der Waals surface area (Å²) in [5.41, 5.74) is 1.06. The van der Waals surface area contributed by atoms with Crippen LogP contribution in [0.5, 0.6) is 0 Å². The summed E-state index contributed by atoms with van der Waals surface area (Å²) in [4.78, 5) is 81.9. The van der Waals surface area contributed by atoms with Gasteiger partial charge in [-0.15, -0.1) is 10.1 Å². The second-order valence-electron chi connectivity index (χ2n) is 20.8. The molecular formula is C53H57N4O20S4+. The second kappa shape index (κ2) is 22.4. The summed E-state index contributed by atoms with van der Waals surface area (Å²) in [6.07, 6.45) is 10.5. The van der Waals surface area contributed by atoms with Crippen LogP contribution in [0.3, 0.4) is 0 Å². The summed E-state index contributed by atoms with van der Waals surface area (Å²) < 4.78 is 144. The van der Waals surface area contributed by atoms with Gasteiger partial charge in [-0.1, -0.05) is 44.6 Å². The van der Waals surface area contributed by atoms with Gasteiger partial charge in [-0.2, -0.15) is 38.2 Å². The van der Waals surface area contributed by atoms with E-state index in [0.29, 0.717) is 94.7 Å². The maximum absolute atomic E-state index is 12.7. The van der Waals surface area contributed by atoms with Crippen molar-refractivity contribution in [2.24, 2.45) is 0 Å². The second-order valence-corrected chi connectivity index (χ2v) is 26.4. The number of hydrogen-bond acceptors (Lipinski definition) is 17. The molecule has 4 aromatic carbocycles. The zero-order valence-corrected chi connectivity index (χ0v) is 47.4. The van der Waals surface area contributed by atoms with Crippen LogP contribution in [0.2, 0.25) is 0 Å². The first-order valence-corrected chi connectivity index (χ1v) is 31.2. The van der Waals surface area contributed by atoms with Crippen molar-refractivity contribution >= 4 is 115 Å². The van der Waals surface area contributed by atoms with Crippen LogP contribution < -0.4 is 4.90 Å². The van der Waals surface area contributed by atoms with Crippen molar-refractivity contribution in [3.8, 4) is 0 Å². The van der Waals surface area contributed by atoms with Gasteiger partial charge in [-0.25, -0.2) is 9.59 Å². The van der Waals surface area contributed by atoms with E-state index in [1.807, 2.05) is 9.48 Å². The number of unbranched alkanes of at least 4 members (excludes halogenated alkanes) is 4. The average Bonchev–Trinajstić information content (AvgIpc) is 3.40. The lowest BCUT2D eigenvalue weighted by molar-refractivity contribution is -0.438. The number of carbonyl (C=O) groups excluding carboxylic acids is 6. The van der Waals surface area contributed by atoms with Crippen molar-refractivity contribution in [3.63, 3.8) is 0 Å². The van der Waals surface area contributed by atoms with Gasteiger partial charge in [-0.05, 0) is 98.3 Å². The molecule has 28 heteroatoms. The molecule has 0 unspecified atom stereocenters. The number of imide groups is 2. The van der Waals surface area contributed by atoms with E-state index < -0.39 is 106 Å². The lowest BCUT2D eigenvalue weighted by Crippen LogP contribution is -2.32. The smallest absolute Gasteiger partial charge is 0.333 e. The lowest BCUT2D eigenvalue weighted by atomic mass is 9.79. The van der Waals surface area contributed by atoms with E-state index in [0.717, 1.165) is 12.1 Å². The van der Waals surface area contributed by atoms with E-state index in [1.165, 1.54) is 12.1 Å². The van der Waals surface area contributed by atoms with Crippen LogP contribution in [-0.4, -0.2) is 121 Å². The van der Waals surface area contributed by atoms with Gasteiger partial charge in [0.05, 0.1) is 15.2 Å². The van der Waals surface area contributed by atoms with Gasteiger partial charge in [0.1, 0.15) is 16.3 Å². The van der Waals surface area contributed by atoms with Crippen molar-refractivity contribution in [1.82, 2.24) is 10.1 Å². The first-order chi connectivity index (χ1) is 37.7. The van der Waals surface area contributed by atoms with Gasteiger partial charge in [-0.3, -0.25) is 37.4 Å². The predicted octanol–water partition coefficient (Wildman–Crippen LogP) is 6.49. The third-order valence-electron chi connectivity index (χ3n) is 14.6. The molecule has 0 aliphatic carbocycles. The number of nitrogens with zero attached hydrogens (tertiary/aromatic N) is 4. The SMILES string of the molecule is CC1(C)C(/C=C/C=C/C=C2\N(CCCCCC(=O)ON3C(=O)CCC3=O)c3ccc4c(S(=O)(=O)O)cc(S(=O)(=O)O)cc4c3C2(C)C)=[N+](CCCCCC(=O)ON2C(=O)CCC2=O)c2ccc3c(S(=O)(=O)O)cc(S(=O)(=O)O)cc3c21. The summed E-state index contributed by atoms with van der Waals surface area (Å²) in [6, 6.07) is 9.61. The molecular weight excluding hydrogens is 1140 g/mol. The van der Waals surface area contributed by atoms with Crippen LogP contribution in [0.25, 0.3) is 21.5 Å². The van der Waals surface area contributed by atoms with Crippen molar-refractivity contribution in [3.05, 3.63) is 95.7 Å². The summed E-state index contributed by atoms with van der Waals surface area (Å²) >= 11 is 0. The predicted molar refractivity (Wildman–Crippen MR) is 288 cm³/mol. The first-order valence-electron chi connectivity index (χ1n) is 25.5. The molecule has 2 saturated heterocycles. The van der Waals surface area contributed by atoms with E-state index in [-0.39, 0.29) is 73.2 Å². The number of hydrogen-bond donors (Lipinski definition) is 4. The van der Waals surface area contributed by atoms with Gasteiger partial charge >= 0.3 is 11.9 Å². The minimum Gasteiger partial charge on any atom is -0.344 e. The molecule has 0 aromatic heterocycles. The molecule has 4 aromatic rings.